The summed E-state index contributed by atoms with van der Waals surface area (Å²) in [6.45, 7) is 2.89. The molecule has 1 aromatic heterocycles. The second-order valence-electron chi connectivity index (χ2n) is 5.62. The molecule has 2 heterocycles. The Kier molecular flexibility index (Phi) is 4.44. The number of likely N-dealkylation sites (N-methyl/N-ethyl adjacent to an activating group) is 1. The van der Waals surface area contributed by atoms with E-state index < -0.39 is 0 Å². The van der Waals surface area contributed by atoms with Crippen molar-refractivity contribution in [2.75, 3.05) is 39.5 Å². The summed E-state index contributed by atoms with van der Waals surface area (Å²) in [6.07, 6.45) is 2.63. The van der Waals surface area contributed by atoms with Gasteiger partial charge in [-0.05, 0) is 32.0 Å². The third-order valence-electron chi connectivity index (χ3n) is 3.76. The van der Waals surface area contributed by atoms with E-state index in [0.717, 1.165) is 26.1 Å². The first-order valence-electron chi connectivity index (χ1n) is 6.84. The van der Waals surface area contributed by atoms with Crippen LogP contribution in [0.4, 0.5) is 5.69 Å². The predicted molar refractivity (Wildman–Crippen MR) is 78.4 cm³/mol. The van der Waals surface area contributed by atoms with Crippen LogP contribution < -0.4 is 11.3 Å². The zero-order chi connectivity index (χ0) is 14.7. The molecule has 110 valence electrons. The SMILES string of the molecule is CN1CCC(CN(C)C(=O)Cn2cc(N)ccc2=O)C1. The van der Waals surface area contributed by atoms with Crippen molar-refractivity contribution < 1.29 is 4.79 Å². The molecular formula is C14H22N4O2. The lowest BCUT2D eigenvalue weighted by molar-refractivity contribution is -0.131. The number of rotatable bonds is 4. The maximum Gasteiger partial charge on any atom is 0.251 e. The number of nitrogens with zero attached hydrogens (tertiary/aromatic N) is 3. The lowest BCUT2D eigenvalue weighted by Crippen LogP contribution is -2.37. The van der Waals surface area contributed by atoms with E-state index >= 15 is 0 Å². The van der Waals surface area contributed by atoms with E-state index in [1.807, 2.05) is 0 Å². The lowest BCUT2D eigenvalue weighted by atomic mass is 10.1. The summed E-state index contributed by atoms with van der Waals surface area (Å²) in [4.78, 5) is 27.8. The molecule has 1 unspecified atom stereocenters. The Balaban J connectivity index is 1.94. The van der Waals surface area contributed by atoms with E-state index in [1.165, 1.54) is 16.8 Å². The largest absolute Gasteiger partial charge is 0.398 e. The predicted octanol–water partition coefficient (Wildman–Crippen LogP) is -0.159. The number of nitrogen functional groups attached to an aromatic ring is 1. The number of carbonyl (C=O) groups is 1. The van der Waals surface area contributed by atoms with Crippen LogP contribution in [-0.2, 0) is 11.3 Å². The Morgan fingerprint density at radius 2 is 2.25 bits per heavy atom. The van der Waals surface area contributed by atoms with Crippen LogP contribution in [-0.4, -0.2) is 54.0 Å². The molecule has 1 aromatic rings. The van der Waals surface area contributed by atoms with Gasteiger partial charge in [0.15, 0.2) is 0 Å². The van der Waals surface area contributed by atoms with Gasteiger partial charge in [-0.3, -0.25) is 9.59 Å². The summed E-state index contributed by atoms with van der Waals surface area (Å²) < 4.78 is 1.36. The van der Waals surface area contributed by atoms with Crippen LogP contribution in [0.5, 0.6) is 0 Å². The second-order valence-corrected chi connectivity index (χ2v) is 5.62. The standard InChI is InChI=1S/C14H22N4O2/c1-16-6-5-11(7-16)8-17(2)14(20)10-18-9-12(15)3-4-13(18)19/h3-4,9,11H,5-8,10,15H2,1-2H3. The monoisotopic (exact) mass is 278 g/mol. The van der Waals surface area contributed by atoms with Crippen LogP contribution in [0.25, 0.3) is 0 Å². The summed E-state index contributed by atoms with van der Waals surface area (Å²) >= 11 is 0. The second kappa shape index (κ2) is 6.09. The van der Waals surface area contributed by atoms with Crippen LogP contribution in [0.3, 0.4) is 0 Å². The molecule has 6 heteroatoms. The van der Waals surface area contributed by atoms with Crippen molar-refractivity contribution in [2.45, 2.75) is 13.0 Å². The minimum atomic E-state index is -0.207. The van der Waals surface area contributed by atoms with Crippen molar-refractivity contribution in [1.29, 1.82) is 0 Å². The van der Waals surface area contributed by atoms with Crippen molar-refractivity contribution in [2.24, 2.45) is 5.92 Å². The van der Waals surface area contributed by atoms with E-state index in [9.17, 15) is 9.59 Å². The number of pyridine rings is 1. The van der Waals surface area contributed by atoms with Gasteiger partial charge in [0.2, 0.25) is 5.91 Å². The maximum atomic E-state index is 12.2. The molecule has 0 radical (unpaired) electrons. The lowest BCUT2D eigenvalue weighted by Gasteiger charge is -2.21. The molecule has 1 aliphatic heterocycles. The van der Waals surface area contributed by atoms with Gasteiger partial charge in [0, 0.05) is 38.1 Å². The van der Waals surface area contributed by atoms with Crippen LogP contribution in [0.15, 0.2) is 23.1 Å². The zero-order valence-electron chi connectivity index (χ0n) is 12.1. The number of hydrogen-bond donors (Lipinski definition) is 1. The molecule has 0 aliphatic carbocycles. The summed E-state index contributed by atoms with van der Waals surface area (Å²) in [7, 11) is 3.88. The van der Waals surface area contributed by atoms with Crippen molar-refractivity contribution in [1.82, 2.24) is 14.4 Å². The van der Waals surface area contributed by atoms with Gasteiger partial charge in [0.05, 0.1) is 0 Å². The molecule has 0 aromatic carbocycles. The number of aromatic nitrogens is 1. The molecule has 2 N–H and O–H groups in total. The molecule has 1 amide bonds. The van der Waals surface area contributed by atoms with Gasteiger partial charge in [-0.15, -0.1) is 0 Å². The Labute approximate surface area is 118 Å². The molecule has 20 heavy (non-hydrogen) atoms. The quantitative estimate of drug-likeness (QED) is 0.831. The molecule has 0 bridgehead atoms. The highest BCUT2D eigenvalue weighted by atomic mass is 16.2. The highest BCUT2D eigenvalue weighted by Crippen LogP contribution is 2.15. The zero-order valence-corrected chi connectivity index (χ0v) is 12.1. The Morgan fingerprint density at radius 3 is 2.90 bits per heavy atom. The van der Waals surface area contributed by atoms with Gasteiger partial charge in [0.25, 0.3) is 5.56 Å². The fourth-order valence-electron chi connectivity index (χ4n) is 2.60. The van der Waals surface area contributed by atoms with Crippen molar-refractivity contribution in [3.63, 3.8) is 0 Å². The van der Waals surface area contributed by atoms with E-state index in [1.54, 1.807) is 18.0 Å². The number of likely N-dealkylation sites (tertiary alicyclic amines) is 1. The Morgan fingerprint density at radius 1 is 1.50 bits per heavy atom. The van der Waals surface area contributed by atoms with Gasteiger partial charge in [-0.2, -0.15) is 0 Å². The molecule has 1 aliphatic rings. The molecule has 1 fully saturated rings. The Hall–Kier alpha value is -1.82. The molecule has 6 nitrogen and oxygen atoms in total. The van der Waals surface area contributed by atoms with E-state index in [-0.39, 0.29) is 18.0 Å². The molecule has 1 saturated heterocycles. The summed E-state index contributed by atoms with van der Waals surface area (Å²) in [5.74, 6) is 0.457. The number of anilines is 1. The summed E-state index contributed by atoms with van der Waals surface area (Å²) in [6, 6.07) is 2.93. The Bertz CT molecular complexity index is 540. The first-order valence-corrected chi connectivity index (χ1v) is 6.84. The number of hydrogen-bond acceptors (Lipinski definition) is 4. The topological polar surface area (TPSA) is 71.6 Å². The fourth-order valence-corrected chi connectivity index (χ4v) is 2.60. The normalized spacial score (nSPS) is 19.2. The molecule has 0 spiro atoms. The van der Waals surface area contributed by atoms with E-state index in [2.05, 4.69) is 11.9 Å². The van der Waals surface area contributed by atoms with Gasteiger partial charge in [0.1, 0.15) is 6.54 Å². The van der Waals surface area contributed by atoms with Crippen LogP contribution in [0, 0.1) is 5.92 Å². The first kappa shape index (κ1) is 14.6. The van der Waals surface area contributed by atoms with Crippen LogP contribution in [0.2, 0.25) is 0 Å². The fraction of sp³-hybridized carbons (Fsp3) is 0.571. The summed E-state index contributed by atoms with van der Waals surface area (Å²) in [5.41, 5.74) is 5.91. The van der Waals surface area contributed by atoms with E-state index in [4.69, 9.17) is 5.73 Å². The minimum Gasteiger partial charge on any atom is -0.398 e. The number of amides is 1. The van der Waals surface area contributed by atoms with Gasteiger partial charge in [-0.1, -0.05) is 0 Å². The molecule has 0 saturated carbocycles. The van der Waals surface area contributed by atoms with Crippen LogP contribution in [0.1, 0.15) is 6.42 Å². The average molecular weight is 278 g/mol. The van der Waals surface area contributed by atoms with Crippen LogP contribution >= 0.6 is 0 Å². The maximum absolute atomic E-state index is 12.2. The smallest absolute Gasteiger partial charge is 0.251 e. The number of carbonyl (C=O) groups excluding carboxylic acids is 1. The first-order chi connectivity index (χ1) is 9.45. The minimum absolute atomic E-state index is 0.0446. The van der Waals surface area contributed by atoms with Gasteiger partial charge < -0.3 is 20.1 Å². The molecule has 2 rings (SSSR count). The van der Waals surface area contributed by atoms with E-state index in [0.29, 0.717) is 11.6 Å². The number of nitrogens with two attached hydrogens (primary N) is 1. The highest BCUT2D eigenvalue weighted by Gasteiger charge is 2.22. The van der Waals surface area contributed by atoms with Gasteiger partial charge >= 0.3 is 0 Å². The molecular weight excluding hydrogens is 256 g/mol. The summed E-state index contributed by atoms with van der Waals surface area (Å²) in [5, 5.41) is 0. The van der Waals surface area contributed by atoms with Crippen molar-refractivity contribution in [3.8, 4) is 0 Å². The highest BCUT2D eigenvalue weighted by molar-refractivity contribution is 5.75. The van der Waals surface area contributed by atoms with Gasteiger partial charge in [-0.25, -0.2) is 0 Å². The molecule has 1 atom stereocenters. The van der Waals surface area contributed by atoms with Crippen molar-refractivity contribution in [3.05, 3.63) is 28.7 Å². The third kappa shape index (κ3) is 3.60. The third-order valence-corrected chi connectivity index (χ3v) is 3.76. The average Bonchev–Trinajstić information content (AvgIpc) is 2.79. The van der Waals surface area contributed by atoms with Crippen molar-refractivity contribution >= 4 is 11.6 Å².